The van der Waals surface area contributed by atoms with Crippen LogP contribution >= 0.6 is 15.9 Å². The van der Waals surface area contributed by atoms with Crippen molar-refractivity contribution >= 4 is 15.9 Å². The van der Waals surface area contributed by atoms with E-state index in [1.807, 2.05) is 0 Å². The number of nitrogens with zero attached hydrogens (tertiary/aromatic N) is 2. The first-order valence-electron chi connectivity index (χ1n) is 8.17. The fourth-order valence-corrected chi connectivity index (χ4v) is 3.57. The first-order valence-corrected chi connectivity index (χ1v) is 8.96. The minimum Gasteiger partial charge on any atom is -0.310 e. The molecule has 1 aromatic carbocycles. The standard InChI is InChI=1S/C17H28BrN3/c1-3-19-17(15-7-5-6-8-16(15)18)9-10-21-13-11-20(4-2)12-14-21/h5-8,17,19H,3-4,9-14H2,1-2H3. The van der Waals surface area contributed by atoms with Gasteiger partial charge in [0.2, 0.25) is 0 Å². The lowest BCUT2D eigenvalue weighted by Gasteiger charge is -2.34. The molecule has 1 N–H and O–H groups in total. The second-order valence-corrected chi connectivity index (χ2v) is 6.55. The molecule has 0 bridgehead atoms. The average molecular weight is 354 g/mol. The Kier molecular flexibility index (Phi) is 7.17. The summed E-state index contributed by atoms with van der Waals surface area (Å²) in [6.45, 7) is 12.7. The lowest BCUT2D eigenvalue weighted by Crippen LogP contribution is -2.46. The van der Waals surface area contributed by atoms with Crippen LogP contribution in [-0.4, -0.2) is 55.6 Å². The minimum atomic E-state index is 0.440. The van der Waals surface area contributed by atoms with Gasteiger partial charge in [-0.3, -0.25) is 0 Å². The van der Waals surface area contributed by atoms with Crippen LogP contribution in [0.1, 0.15) is 31.9 Å². The zero-order valence-corrected chi connectivity index (χ0v) is 14.9. The van der Waals surface area contributed by atoms with E-state index in [1.54, 1.807) is 0 Å². The number of benzene rings is 1. The molecule has 2 rings (SSSR count). The average Bonchev–Trinajstić information content (AvgIpc) is 2.53. The van der Waals surface area contributed by atoms with Gasteiger partial charge in [-0.1, -0.05) is 48.0 Å². The summed E-state index contributed by atoms with van der Waals surface area (Å²) in [5.74, 6) is 0. The van der Waals surface area contributed by atoms with Crippen molar-refractivity contribution < 1.29 is 0 Å². The van der Waals surface area contributed by atoms with Crippen molar-refractivity contribution in [1.82, 2.24) is 15.1 Å². The molecule has 0 aliphatic carbocycles. The number of likely N-dealkylation sites (N-methyl/N-ethyl adjacent to an activating group) is 1. The van der Waals surface area contributed by atoms with Crippen LogP contribution in [0.2, 0.25) is 0 Å². The molecular formula is C17H28BrN3. The second kappa shape index (κ2) is 8.89. The van der Waals surface area contributed by atoms with Gasteiger partial charge in [-0.25, -0.2) is 0 Å². The largest absolute Gasteiger partial charge is 0.310 e. The number of piperazine rings is 1. The van der Waals surface area contributed by atoms with Crippen LogP contribution < -0.4 is 5.32 Å². The Hall–Kier alpha value is -0.420. The molecule has 0 saturated carbocycles. The summed E-state index contributed by atoms with van der Waals surface area (Å²) in [4.78, 5) is 5.14. The molecule has 0 amide bonds. The number of nitrogens with one attached hydrogen (secondary N) is 1. The molecule has 1 atom stereocenters. The van der Waals surface area contributed by atoms with E-state index in [1.165, 1.54) is 55.7 Å². The molecule has 3 nitrogen and oxygen atoms in total. The molecule has 1 saturated heterocycles. The third-order valence-electron chi connectivity index (χ3n) is 4.38. The van der Waals surface area contributed by atoms with E-state index in [4.69, 9.17) is 0 Å². The maximum atomic E-state index is 3.69. The van der Waals surface area contributed by atoms with Crippen LogP contribution in [0.5, 0.6) is 0 Å². The molecule has 21 heavy (non-hydrogen) atoms. The van der Waals surface area contributed by atoms with Crippen LogP contribution in [0, 0.1) is 0 Å². The summed E-state index contributed by atoms with van der Waals surface area (Å²) in [6.07, 6.45) is 1.17. The van der Waals surface area contributed by atoms with Gasteiger partial charge in [0.15, 0.2) is 0 Å². The van der Waals surface area contributed by atoms with Crippen LogP contribution in [0.3, 0.4) is 0 Å². The second-order valence-electron chi connectivity index (χ2n) is 5.70. The molecule has 1 aliphatic heterocycles. The van der Waals surface area contributed by atoms with Gasteiger partial charge in [0.25, 0.3) is 0 Å². The van der Waals surface area contributed by atoms with Crippen molar-refractivity contribution in [3.63, 3.8) is 0 Å². The van der Waals surface area contributed by atoms with Gasteiger partial charge in [0.1, 0.15) is 0 Å². The molecule has 0 spiro atoms. The third kappa shape index (κ3) is 5.06. The van der Waals surface area contributed by atoms with Gasteiger partial charge >= 0.3 is 0 Å². The van der Waals surface area contributed by atoms with E-state index in [0.717, 1.165) is 6.54 Å². The van der Waals surface area contributed by atoms with Crippen LogP contribution in [0.15, 0.2) is 28.7 Å². The van der Waals surface area contributed by atoms with Gasteiger partial charge in [-0.15, -0.1) is 0 Å². The fourth-order valence-electron chi connectivity index (χ4n) is 3.01. The predicted molar refractivity (Wildman–Crippen MR) is 93.7 cm³/mol. The monoisotopic (exact) mass is 353 g/mol. The lowest BCUT2D eigenvalue weighted by molar-refractivity contribution is 0.133. The maximum absolute atomic E-state index is 3.69. The highest BCUT2D eigenvalue weighted by Crippen LogP contribution is 2.25. The van der Waals surface area contributed by atoms with Crippen LogP contribution in [-0.2, 0) is 0 Å². The van der Waals surface area contributed by atoms with E-state index in [9.17, 15) is 0 Å². The fraction of sp³-hybridized carbons (Fsp3) is 0.647. The van der Waals surface area contributed by atoms with Gasteiger partial charge in [0.05, 0.1) is 0 Å². The number of rotatable bonds is 7. The van der Waals surface area contributed by atoms with Gasteiger partial charge in [0, 0.05) is 43.2 Å². The molecule has 1 aliphatic rings. The van der Waals surface area contributed by atoms with E-state index in [-0.39, 0.29) is 0 Å². The normalized spacial score (nSPS) is 18.8. The van der Waals surface area contributed by atoms with Crippen molar-refractivity contribution in [2.45, 2.75) is 26.3 Å². The Bertz CT molecular complexity index is 416. The molecule has 1 fully saturated rings. The van der Waals surface area contributed by atoms with Crippen LogP contribution in [0.4, 0.5) is 0 Å². The summed E-state index contributed by atoms with van der Waals surface area (Å²) < 4.78 is 1.21. The molecule has 1 aromatic rings. The van der Waals surface area contributed by atoms with Gasteiger partial charge in [-0.2, -0.15) is 0 Å². The van der Waals surface area contributed by atoms with Crippen molar-refractivity contribution in [2.24, 2.45) is 0 Å². The van der Waals surface area contributed by atoms with Gasteiger partial charge < -0.3 is 15.1 Å². The molecular weight excluding hydrogens is 326 g/mol. The smallest absolute Gasteiger partial charge is 0.0343 e. The quantitative estimate of drug-likeness (QED) is 0.812. The molecule has 1 unspecified atom stereocenters. The van der Waals surface area contributed by atoms with Crippen molar-refractivity contribution in [3.05, 3.63) is 34.3 Å². The van der Waals surface area contributed by atoms with E-state index in [2.05, 4.69) is 69.2 Å². The molecule has 0 aromatic heterocycles. The Morgan fingerprint density at radius 2 is 1.76 bits per heavy atom. The Labute approximate surface area is 137 Å². The van der Waals surface area contributed by atoms with Crippen molar-refractivity contribution in [1.29, 1.82) is 0 Å². The summed E-state index contributed by atoms with van der Waals surface area (Å²) in [6, 6.07) is 9.02. The van der Waals surface area contributed by atoms with E-state index < -0.39 is 0 Å². The summed E-state index contributed by atoms with van der Waals surface area (Å²) in [7, 11) is 0. The topological polar surface area (TPSA) is 18.5 Å². The number of hydrogen-bond donors (Lipinski definition) is 1. The first-order chi connectivity index (χ1) is 10.2. The minimum absolute atomic E-state index is 0.440. The highest BCUT2D eigenvalue weighted by atomic mass is 79.9. The molecule has 0 radical (unpaired) electrons. The van der Waals surface area contributed by atoms with Crippen LogP contribution in [0.25, 0.3) is 0 Å². The highest BCUT2D eigenvalue weighted by Gasteiger charge is 2.18. The molecule has 4 heteroatoms. The summed E-state index contributed by atoms with van der Waals surface area (Å²) in [5, 5.41) is 3.63. The lowest BCUT2D eigenvalue weighted by atomic mass is 10.0. The first kappa shape index (κ1) is 16.9. The SMILES string of the molecule is CCNC(CCN1CCN(CC)CC1)c1ccccc1Br. The van der Waals surface area contributed by atoms with Crippen molar-refractivity contribution in [2.75, 3.05) is 45.8 Å². The number of halogens is 1. The third-order valence-corrected chi connectivity index (χ3v) is 5.10. The summed E-state index contributed by atoms with van der Waals surface area (Å²) in [5.41, 5.74) is 1.38. The van der Waals surface area contributed by atoms with E-state index >= 15 is 0 Å². The number of hydrogen-bond acceptors (Lipinski definition) is 3. The zero-order valence-electron chi connectivity index (χ0n) is 13.3. The van der Waals surface area contributed by atoms with Crippen molar-refractivity contribution in [3.8, 4) is 0 Å². The Morgan fingerprint density at radius 1 is 1.10 bits per heavy atom. The predicted octanol–water partition coefficient (Wildman–Crippen LogP) is 3.13. The molecule has 1 heterocycles. The van der Waals surface area contributed by atoms with Gasteiger partial charge in [-0.05, 0) is 31.1 Å². The van der Waals surface area contributed by atoms with E-state index in [0.29, 0.717) is 6.04 Å². The Morgan fingerprint density at radius 3 is 2.38 bits per heavy atom. The zero-order chi connectivity index (χ0) is 15.1. The molecule has 118 valence electrons. The maximum Gasteiger partial charge on any atom is 0.0343 e. The summed E-state index contributed by atoms with van der Waals surface area (Å²) >= 11 is 3.69. The highest BCUT2D eigenvalue weighted by molar-refractivity contribution is 9.10. The Balaban J connectivity index is 1.88.